The number of hydrogen-bond donors (Lipinski definition) is 1. The second-order valence-electron chi connectivity index (χ2n) is 5.34. The summed E-state index contributed by atoms with van der Waals surface area (Å²) in [6.45, 7) is 3.71. The van der Waals surface area contributed by atoms with Crippen LogP contribution in [-0.2, 0) is 0 Å². The van der Waals surface area contributed by atoms with Crippen molar-refractivity contribution in [3.63, 3.8) is 0 Å². The number of halogens is 2. The zero-order chi connectivity index (χ0) is 17.1. The van der Waals surface area contributed by atoms with Gasteiger partial charge in [-0.15, -0.1) is 5.10 Å². The predicted octanol–water partition coefficient (Wildman–Crippen LogP) is 3.47. The molecule has 0 aliphatic rings. The summed E-state index contributed by atoms with van der Waals surface area (Å²) in [5.74, 6) is -0.274. The minimum Gasteiger partial charge on any atom is -0.491 e. The first-order valence-corrected chi connectivity index (χ1v) is 7.26. The van der Waals surface area contributed by atoms with Gasteiger partial charge in [-0.3, -0.25) is 4.98 Å². The summed E-state index contributed by atoms with van der Waals surface area (Å²) < 4.78 is 33.7. The molecule has 0 aliphatic heterocycles. The van der Waals surface area contributed by atoms with Crippen LogP contribution in [0.3, 0.4) is 0 Å². The van der Waals surface area contributed by atoms with E-state index in [0.29, 0.717) is 17.1 Å². The number of nitrogens with one attached hydrogen (secondary N) is 1. The molecule has 0 spiro atoms. The van der Waals surface area contributed by atoms with Gasteiger partial charge >= 0.3 is 0 Å². The van der Waals surface area contributed by atoms with Gasteiger partial charge in [0.25, 0.3) is 0 Å². The Morgan fingerprint density at radius 1 is 1.08 bits per heavy atom. The zero-order valence-electron chi connectivity index (χ0n) is 13.1. The summed E-state index contributed by atoms with van der Waals surface area (Å²) >= 11 is 0. The second-order valence-corrected chi connectivity index (χ2v) is 5.34. The average Bonchev–Trinajstić information content (AvgIpc) is 2.94. The van der Waals surface area contributed by atoms with E-state index in [2.05, 4.69) is 20.4 Å². The van der Waals surface area contributed by atoms with E-state index in [4.69, 9.17) is 4.74 Å². The number of nitrogens with zero attached hydrogens (tertiary/aromatic N) is 4. The fourth-order valence-corrected chi connectivity index (χ4v) is 2.07. The van der Waals surface area contributed by atoms with Crippen LogP contribution in [0.1, 0.15) is 13.8 Å². The molecule has 1 N–H and O–H groups in total. The van der Waals surface area contributed by atoms with Crippen LogP contribution in [0.15, 0.2) is 43.0 Å². The number of aromatic nitrogens is 4. The Bertz CT molecular complexity index is 850. The third-order valence-electron chi connectivity index (χ3n) is 2.95. The number of pyridine rings is 1. The lowest BCUT2D eigenvalue weighted by Gasteiger charge is -2.11. The fourth-order valence-electron chi connectivity index (χ4n) is 2.07. The monoisotopic (exact) mass is 331 g/mol. The molecule has 0 bridgehead atoms. The first-order chi connectivity index (χ1) is 11.5. The molecule has 0 unspecified atom stereocenters. The van der Waals surface area contributed by atoms with Gasteiger partial charge in [-0.05, 0) is 19.9 Å². The number of rotatable bonds is 5. The van der Waals surface area contributed by atoms with E-state index in [1.165, 1.54) is 35.4 Å². The lowest BCUT2D eigenvalue weighted by Crippen LogP contribution is -2.06. The number of ether oxygens (including phenoxy) is 1. The number of anilines is 2. The maximum Gasteiger partial charge on any atom is 0.246 e. The molecule has 0 atom stereocenters. The smallest absolute Gasteiger partial charge is 0.246 e. The first kappa shape index (κ1) is 15.9. The van der Waals surface area contributed by atoms with Crippen LogP contribution in [0, 0.1) is 11.6 Å². The molecule has 0 saturated heterocycles. The van der Waals surface area contributed by atoms with Gasteiger partial charge in [0.2, 0.25) is 5.95 Å². The van der Waals surface area contributed by atoms with E-state index in [9.17, 15) is 8.78 Å². The van der Waals surface area contributed by atoms with Crippen molar-refractivity contribution >= 4 is 11.6 Å². The lowest BCUT2D eigenvalue weighted by atomic mass is 10.3. The fraction of sp³-hybridized carbons (Fsp3) is 0.188. The molecule has 6 nitrogen and oxygen atoms in total. The molecule has 0 aliphatic carbocycles. The summed E-state index contributed by atoms with van der Waals surface area (Å²) in [7, 11) is 0. The Morgan fingerprint density at radius 2 is 1.92 bits per heavy atom. The Labute approximate surface area is 137 Å². The molecule has 124 valence electrons. The van der Waals surface area contributed by atoms with E-state index in [-0.39, 0.29) is 12.1 Å². The Balaban J connectivity index is 1.81. The van der Waals surface area contributed by atoms with Crippen LogP contribution in [0.5, 0.6) is 5.75 Å². The summed E-state index contributed by atoms with van der Waals surface area (Å²) in [6, 6.07) is 5.53. The first-order valence-electron chi connectivity index (χ1n) is 7.26. The lowest BCUT2D eigenvalue weighted by molar-refractivity contribution is 0.241. The van der Waals surface area contributed by atoms with Gasteiger partial charge in [0, 0.05) is 23.9 Å². The van der Waals surface area contributed by atoms with Crippen molar-refractivity contribution in [3.05, 3.63) is 54.6 Å². The molecule has 2 aromatic heterocycles. The molecular weight excluding hydrogens is 316 g/mol. The van der Waals surface area contributed by atoms with Gasteiger partial charge in [0.1, 0.15) is 23.7 Å². The molecule has 0 fully saturated rings. The van der Waals surface area contributed by atoms with Gasteiger partial charge in [-0.25, -0.2) is 13.5 Å². The van der Waals surface area contributed by atoms with Gasteiger partial charge in [-0.1, -0.05) is 0 Å². The second kappa shape index (κ2) is 6.61. The average molecular weight is 331 g/mol. The van der Waals surface area contributed by atoms with Crippen molar-refractivity contribution in [3.8, 4) is 11.4 Å². The molecular formula is C16H15F2N5O. The zero-order valence-corrected chi connectivity index (χ0v) is 13.1. The third-order valence-corrected chi connectivity index (χ3v) is 2.95. The van der Waals surface area contributed by atoms with Gasteiger partial charge in [0.15, 0.2) is 0 Å². The maximum absolute atomic E-state index is 13.7. The summed E-state index contributed by atoms with van der Waals surface area (Å²) in [6.07, 6.45) is 3.89. The largest absolute Gasteiger partial charge is 0.491 e. The molecule has 0 saturated carbocycles. The Kier molecular flexibility index (Phi) is 4.37. The normalized spacial score (nSPS) is 10.9. The van der Waals surface area contributed by atoms with E-state index in [0.717, 1.165) is 6.20 Å². The van der Waals surface area contributed by atoms with Crippen molar-refractivity contribution < 1.29 is 13.5 Å². The van der Waals surface area contributed by atoms with Crippen LogP contribution in [0.2, 0.25) is 0 Å². The quantitative estimate of drug-likeness (QED) is 0.775. The van der Waals surface area contributed by atoms with E-state index in [1.807, 2.05) is 13.8 Å². The van der Waals surface area contributed by atoms with Crippen LogP contribution >= 0.6 is 0 Å². The Morgan fingerprint density at radius 3 is 2.67 bits per heavy atom. The van der Waals surface area contributed by atoms with E-state index >= 15 is 0 Å². The highest BCUT2D eigenvalue weighted by Crippen LogP contribution is 2.23. The predicted molar refractivity (Wildman–Crippen MR) is 84.6 cm³/mol. The van der Waals surface area contributed by atoms with Crippen LogP contribution < -0.4 is 10.1 Å². The Hall–Kier alpha value is -3.03. The van der Waals surface area contributed by atoms with Crippen molar-refractivity contribution in [2.75, 3.05) is 5.32 Å². The summed E-state index contributed by atoms with van der Waals surface area (Å²) in [4.78, 5) is 7.82. The SMILES string of the molecule is CC(C)Oc1cc(F)cc(Nc2ncn(-c3cncc(F)c3)n2)c1. The van der Waals surface area contributed by atoms with Crippen LogP contribution in [-0.4, -0.2) is 25.9 Å². The number of hydrogen-bond acceptors (Lipinski definition) is 5. The van der Waals surface area contributed by atoms with Crippen molar-refractivity contribution in [2.24, 2.45) is 0 Å². The summed E-state index contributed by atoms with van der Waals surface area (Å²) in [5, 5.41) is 7.05. The van der Waals surface area contributed by atoms with Gasteiger partial charge in [-0.2, -0.15) is 4.98 Å². The van der Waals surface area contributed by atoms with Gasteiger partial charge in [0.05, 0.1) is 24.2 Å². The van der Waals surface area contributed by atoms with Crippen molar-refractivity contribution in [2.45, 2.75) is 20.0 Å². The highest BCUT2D eigenvalue weighted by Gasteiger charge is 2.08. The molecule has 1 aromatic carbocycles. The van der Waals surface area contributed by atoms with Crippen LogP contribution in [0.4, 0.5) is 20.4 Å². The third kappa shape index (κ3) is 3.83. The highest BCUT2D eigenvalue weighted by molar-refractivity contribution is 5.56. The molecule has 8 heteroatoms. The van der Waals surface area contributed by atoms with Gasteiger partial charge < -0.3 is 10.1 Å². The highest BCUT2D eigenvalue weighted by atomic mass is 19.1. The molecule has 3 aromatic rings. The molecule has 24 heavy (non-hydrogen) atoms. The van der Waals surface area contributed by atoms with E-state index < -0.39 is 11.6 Å². The minimum atomic E-state index is -0.474. The van der Waals surface area contributed by atoms with Crippen molar-refractivity contribution in [1.82, 2.24) is 19.7 Å². The molecule has 2 heterocycles. The number of benzene rings is 1. The van der Waals surface area contributed by atoms with E-state index in [1.54, 1.807) is 6.07 Å². The minimum absolute atomic E-state index is 0.0718. The van der Waals surface area contributed by atoms with Crippen molar-refractivity contribution in [1.29, 1.82) is 0 Å². The standard InChI is InChI=1S/C16H15F2N5O/c1-10(2)24-15-5-11(17)3-13(6-15)21-16-20-9-23(22-16)14-4-12(18)7-19-8-14/h3-10H,1-2H3,(H,21,22). The van der Waals surface area contributed by atoms with Crippen LogP contribution in [0.25, 0.3) is 5.69 Å². The summed E-state index contributed by atoms with van der Waals surface area (Å²) in [5.41, 5.74) is 0.874. The maximum atomic E-state index is 13.7. The topological polar surface area (TPSA) is 64.9 Å². The molecule has 3 rings (SSSR count). The molecule has 0 amide bonds. The molecule has 0 radical (unpaired) electrons.